The highest BCUT2D eigenvalue weighted by atomic mass is 16.4. The predicted octanol–water partition coefficient (Wildman–Crippen LogP) is 2.04. The summed E-state index contributed by atoms with van der Waals surface area (Å²) < 4.78 is 1.73. The van der Waals surface area contributed by atoms with Crippen molar-refractivity contribution < 1.29 is 9.90 Å². The number of benzene rings is 1. The van der Waals surface area contributed by atoms with E-state index in [9.17, 15) is 4.79 Å². The molecule has 2 N–H and O–H groups in total. The first-order valence-corrected chi connectivity index (χ1v) is 6.08. The quantitative estimate of drug-likeness (QED) is 0.757. The number of fused-ring (bicyclic) bond motifs is 1. The van der Waals surface area contributed by atoms with E-state index in [-0.39, 0.29) is 5.56 Å². The summed E-state index contributed by atoms with van der Waals surface area (Å²) in [6.45, 7) is 0.499. The minimum absolute atomic E-state index is 0.278. The molecule has 0 amide bonds. The first-order valence-electron chi connectivity index (χ1n) is 6.08. The summed E-state index contributed by atoms with van der Waals surface area (Å²) in [6.07, 6.45) is 5.13. The Hall–Kier alpha value is -2.89. The Kier molecular flexibility index (Phi) is 3.04. The third-order valence-electron chi connectivity index (χ3n) is 2.96. The van der Waals surface area contributed by atoms with Crippen molar-refractivity contribution in [3.8, 4) is 0 Å². The van der Waals surface area contributed by atoms with Crippen LogP contribution in [-0.2, 0) is 6.54 Å². The number of carboxylic acids is 1. The number of rotatable bonds is 4. The van der Waals surface area contributed by atoms with Crippen molar-refractivity contribution in [1.29, 1.82) is 0 Å². The molecular weight excluding hydrogens is 256 g/mol. The van der Waals surface area contributed by atoms with Gasteiger partial charge in [-0.3, -0.25) is 0 Å². The largest absolute Gasteiger partial charge is 0.478 e. The van der Waals surface area contributed by atoms with Crippen LogP contribution in [0.3, 0.4) is 0 Å². The van der Waals surface area contributed by atoms with Gasteiger partial charge in [0.05, 0.1) is 11.8 Å². The van der Waals surface area contributed by atoms with E-state index in [2.05, 4.69) is 15.4 Å². The molecule has 0 saturated heterocycles. The maximum atomic E-state index is 10.9. The lowest BCUT2D eigenvalue weighted by Crippen LogP contribution is -2.05. The van der Waals surface area contributed by atoms with Gasteiger partial charge in [0, 0.05) is 18.9 Å². The second-order valence-electron chi connectivity index (χ2n) is 4.30. The summed E-state index contributed by atoms with van der Waals surface area (Å²) in [4.78, 5) is 15.2. The third-order valence-corrected chi connectivity index (χ3v) is 2.96. The van der Waals surface area contributed by atoms with Crippen molar-refractivity contribution in [2.75, 3.05) is 5.32 Å². The zero-order valence-electron chi connectivity index (χ0n) is 10.5. The van der Waals surface area contributed by atoms with Crippen molar-refractivity contribution in [3.63, 3.8) is 0 Å². The number of aromatic carboxylic acids is 1. The summed E-state index contributed by atoms with van der Waals surface area (Å²) in [7, 11) is 0. The lowest BCUT2D eigenvalue weighted by atomic mass is 10.1. The molecule has 0 unspecified atom stereocenters. The maximum absolute atomic E-state index is 10.9. The standard InChI is InChI=1S/C14H12N4O2/c19-14(20)11-3-1-2-10(8-11)9-16-13-12-4-5-17-18(12)7-6-15-13/h1-8H,9H2,(H,15,16)(H,19,20). The van der Waals surface area contributed by atoms with Gasteiger partial charge in [-0.2, -0.15) is 5.10 Å². The predicted molar refractivity (Wildman–Crippen MR) is 73.7 cm³/mol. The second kappa shape index (κ2) is 5.00. The van der Waals surface area contributed by atoms with Crippen LogP contribution < -0.4 is 5.32 Å². The molecule has 0 radical (unpaired) electrons. The molecule has 100 valence electrons. The molecule has 0 aliphatic heterocycles. The van der Waals surface area contributed by atoms with Crippen LogP contribution in [0.15, 0.2) is 48.9 Å². The van der Waals surface area contributed by atoms with E-state index < -0.39 is 5.97 Å². The summed E-state index contributed by atoms with van der Waals surface area (Å²) in [5.74, 6) is -0.214. The summed E-state index contributed by atoms with van der Waals surface area (Å²) in [6, 6.07) is 8.68. The van der Waals surface area contributed by atoms with Crippen molar-refractivity contribution >= 4 is 17.3 Å². The van der Waals surface area contributed by atoms with Crippen LogP contribution in [0.4, 0.5) is 5.82 Å². The number of carboxylic acid groups (broad SMARTS) is 1. The van der Waals surface area contributed by atoms with Gasteiger partial charge in [-0.25, -0.2) is 14.3 Å². The van der Waals surface area contributed by atoms with Crippen LogP contribution in [0.1, 0.15) is 15.9 Å². The number of hydrogen-bond donors (Lipinski definition) is 2. The van der Waals surface area contributed by atoms with Gasteiger partial charge in [-0.15, -0.1) is 0 Å². The van der Waals surface area contributed by atoms with Gasteiger partial charge in [-0.1, -0.05) is 12.1 Å². The topological polar surface area (TPSA) is 79.5 Å². The molecule has 20 heavy (non-hydrogen) atoms. The van der Waals surface area contributed by atoms with Gasteiger partial charge in [0.15, 0.2) is 5.82 Å². The first kappa shape index (κ1) is 12.2. The Morgan fingerprint density at radius 1 is 1.30 bits per heavy atom. The summed E-state index contributed by atoms with van der Waals surface area (Å²) in [5.41, 5.74) is 2.04. The molecule has 2 heterocycles. The number of aromatic nitrogens is 3. The number of anilines is 1. The molecule has 6 heteroatoms. The Labute approximate surface area is 114 Å². The second-order valence-corrected chi connectivity index (χ2v) is 4.30. The Bertz CT molecular complexity index is 766. The molecule has 2 aromatic heterocycles. The lowest BCUT2D eigenvalue weighted by molar-refractivity contribution is 0.0697. The molecule has 3 rings (SSSR count). The van der Waals surface area contributed by atoms with Gasteiger partial charge in [0.1, 0.15) is 5.52 Å². The molecule has 0 saturated carbocycles. The zero-order valence-corrected chi connectivity index (χ0v) is 10.5. The average Bonchev–Trinajstić information content (AvgIpc) is 2.94. The third kappa shape index (κ3) is 2.31. The SMILES string of the molecule is O=C(O)c1cccc(CNc2nccn3nccc23)c1. The van der Waals surface area contributed by atoms with Crippen molar-refractivity contribution in [1.82, 2.24) is 14.6 Å². The summed E-state index contributed by atoms with van der Waals surface area (Å²) >= 11 is 0. The fourth-order valence-corrected chi connectivity index (χ4v) is 1.99. The number of nitrogens with one attached hydrogen (secondary N) is 1. The van der Waals surface area contributed by atoms with E-state index in [4.69, 9.17) is 5.11 Å². The van der Waals surface area contributed by atoms with Crippen LogP contribution in [0, 0.1) is 0 Å². The molecule has 6 nitrogen and oxygen atoms in total. The van der Waals surface area contributed by atoms with Crippen molar-refractivity contribution in [3.05, 3.63) is 60.0 Å². The Morgan fingerprint density at radius 2 is 2.20 bits per heavy atom. The first-order chi connectivity index (χ1) is 9.74. The van der Waals surface area contributed by atoms with E-state index in [0.29, 0.717) is 12.4 Å². The van der Waals surface area contributed by atoms with E-state index in [1.165, 1.54) is 0 Å². The number of carbonyl (C=O) groups is 1. The fraction of sp³-hybridized carbons (Fsp3) is 0.0714. The minimum Gasteiger partial charge on any atom is -0.478 e. The highest BCUT2D eigenvalue weighted by Crippen LogP contribution is 2.14. The smallest absolute Gasteiger partial charge is 0.335 e. The molecule has 3 aromatic rings. The zero-order chi connectivity index (χ0) is 13.9. The minimum atomic E-state index is -0.928. The molecule has 0 bridgehead atoms. The lowest BCUT2D eigenvalue weighted by Gasteiger charge is -2.07. The van der Waals surface area contributed by atoms with Crippen LogP contribution in [-0.4, -0.2) is 25.7 Å². The van der Waals surface area contributed by atoms with Crippen molar-refractivity contribution in [2.24, 2.45) is 0 Å². The van der Waals surface area contributed by atoms with Crippen molar-refractivity contribution in [2.45, 2.75) is 6.54 Å². The molecule has 0 atom stereocenters. The number of hydrogen-bond acceptors (Lipinski definition) is 4. The van der Waals surface area contributed by atoms with E-state index in [1.807, 2.05) is 12.1 Å². The molecule has 0 fully saturated rings. The van der Waals surface area contributed by atoms with Gasteiger partial charge >= 0.3 is 5.97 Å². The van der Waals surface area contributed by atoms with Gasteiger partial charge in [0.25, 0.3) is 0 Å². The van der Waals surface area contributed by atoms with E-state index in [1.54, 1.807) is 41.3 Å². The van der Waals surface area contributed by atoms with Crippen LogP contribution in [0.25, 0.3) is 5.52 Å². The maximum Gasteiger partial charge on any atom is 0.335 e. The van der Waals surface area contributed by atoms with Crippen LogP contribution in [0.5, 0.6) is 0 Å². The molecule has 1 aromatic carbocycles. The Balaban J connectivity index is 1.81. The average molecular weight is 268 g/mol. The Morgan fingerprint density at radius 3 is 3.05 bits per heavy atom. The highest BCUT2D eigenvalue weighted by Gasteiger charge is 2.05. The van der Waals surface area contributed by atoms with E-state index in [0.717, 1.165) is 11.1 Å². The van der Waals surface area contributed by atoms with Crippen LogP contribution >= 0.6 is 0 Å². The van der Waals surface area contributed by atoms with Gasteiger partial charge in [-0.05, 0) is 23.8 Å². The molecule has 0 spiro atoms. The normalized spacial score (nSPS) is 10.6. The number of nitrogens with zero attached hydrogens (tertiary/aromatic N) is 3. The summed E-state index contributed by atoms with van der Waals surface area (Å²) in [5, 5.41) is 16.3. The fourth-order valence-electron chi connectivity index (χ4n) is 1.99. The molecule has 0 aliphatic rings. The molecular formula is C14H12N4O2. The highest BCUT2D eigenvalue weighted by molar-refractivity contribution is 5.87. The van der Waals surface area contributed by atoms with Gasteiger partial charge < -0.3 is 10.4 Å². The molecule has 0 aliphatic carbocycles. The van der Waals surface area contributed by atoms with Crippen LogP contribution in [0.2, 0.25) is 0 Å². The van der Waals surface area contributed by atoms with E-state index >= 15 is 0 Å². The van der Waals surface area contributed by atoms with Gasteiger partial charge in [0.2, 0.25) is 0 Å². The monoisotopic (exact) mass is 268 g/mol.